The molecular formula is C18H18N2O2S. The maximum atomic E-state index is 11.8. The Bertz CT molecular complexity index is 755. The Morgan fingerprint density at radius 2 is 1.78 bits per heavy atom. The van der Waals surface area contributed by atoms with Gasteiger partial charge in [0.1, 0.15) is 5.75 Å². The molecule has 0 aliphatic rings. The zero-order valence-corrected chi connectivity index (χ0v) is 13.8. The quantitative estimate of drug-likeness (QED) is 0.459. The minimum Gasteiger partial charge on any atom is -0.506 e. The third-order valence-electron chi connectivity index (χ3n) is 3.32. The van der Waals surface area contributed by atoms with Crippen molar-refractivity contribution in [1.29, 1.82) is 0 Å². The molecule has 2 aromatic rings. The first-order valence-electron chi connectivity index (χ1n) is 7.11. The van der Waals surface area contributed by atoms with Crippen LogP contribution in [0.5, 0.6) is 5.75 Å². The lowest BCUT2D eigenvalue weighted by atomic mass is 10.1. The fourth-order valence-corrected chi connectivity index (χ4v) is 2.15. The van der Waals surface area contributed by atoms with Crippen LogP contribution in [0.25, 0.3) is 6.08 Å². The number of amides is 1. The molecule has 0 unspecified atom stereocenters. The Morgan fingerprint density at radius 3 is 2.48 bits per heavy atom. The van der Waals surface area contributed by atoms with Gasteiger partial charge in [-0.3, -0.25) is 10.1 Å². The topological polar surface area (TPSA) is 61.4 Å². The number of phenols is 1. The molecule has 4 nitrogen and oxygen atoms in total. The third-order valence-corrected chi connectivity index (χ3v) is 3.53. The average Bonchev–Trinajstić information content (AvgIpc) is 2.51. The Kier molecular flexibility index (Phi) is 5.49. The fraction of sp³-hybridized carbons (Fsp3) is 0.111. The summed E-state index contributed by atoms with van der Waals surface area (Å²) < 4.78 is 0. The van der Waals surface area contributed by atoms with Crippen molar-refractivity contribution in [2.45, 2.75) is 13.8 Å². The van der Waals surface area contributed by atoms with Crippen LogP contribution in [-0.4, -0.2) is 16.1 Å². The smallest absolute Gasteiger partial charge is 0.250 e. The predicted octanol–water partition coefficient (Wildman–Crippen LogP) is 3.54. The van der Waals surface area contributed by atoms with Crippen LogP contribution in [0.1, 0.15) is 16.7 Å². The molecule has 5 heteroatoms. The first-order chi connectivity index (χ1) is 11.0. The molecule has 0 saturated carbocycles. The van der Waals surface area contributed by atoms with Crippen molar-refractivity contribution in [3.05, 3.63) is 65.2 Å². The molecule has 0 radical (unpaired) electrons. The standard InChI is InChI=1S/C18H18N2O2S/c1-12-10-15(16(21)11-13(12)2)19-18(23)20-17(22)9-8-14-6-4-3-5-7-14/h3-11,21H,1-2H3,(H2,19,20,22,23)/b9-8+. The molecule has 0 fully saturated rings. The highest BCUT2D eigenvalue weighted by molar-refractivity contribution is 7.80. The monoisotopic (exact) mass is 326 g/mol. The summed E-state index contributed by atoms with van der Waals surface area (Å²) in [7, 11) is 0. The SMILES string of the molecule is Cc1cc(O)c(NC(=S)NC(=O)/C=C/c2ccccc2)cc1C. The molecule has 0 aromatic heterocycles. The number of thiocarbonyl (C=S) groups is 1. The number of carbonyl (C=O) groups excluding carboxylic acids is 1. The summed E-state index contributed by atoms with van der Waals surface area (Å²) in [6.07, 6.45) is 3.11. The van der Waals surface area contributed by atoms with Crippen molar-refractivity contribution in [2.24, 2.45) is 0 Å². The first kappa shape index (κ1) is 16.7. The van der Waals surface area contributed by atoms with E-state index in [0.717, 1.165) is 16.7 Å². The van der Waals surface area contributed by atoms with Crippen LogP contribution < -0.4 is 10.6 Å². The van der Waals surface area contributed by atoms with E-state index in [-0.39, 0.29) is 16.8 Å². The Balaban J connectivity index is 1.96. The van der Waals surface area contributed by atoms with Gasteiger partial charge in [0.15, 0.2) is 5.11 Å². The Hall–Kier alpha value is -2.66. The van der Waals surface area contributed by atoms with Gasteiger partial charge in [0.2, 0.25) is 5.91 Å². The Labute approximate surface area is 140 Å². The van der Waals surface area contributed by atoms with Gasteiger partial charge in [-0.05, 0) is 61.0 Å². The number of phenolic OH excluding ortho intramolecular Hbond substituents is 1. The van der Waals surface area contributed by atoms with Crippen LogP contribution in [0.15, 0.2) is 48.5 Å². The number of benzene rings is 2. The molecule has 2 rings (SSSR count). The number of rotatable bonds is 3. The van der Waals surface area contributed by atoms with E-state index in [0.29, 0.717) is 5.69 Å². The average molecular weight is 326 g/mol. The van der Waals surface area contributed by atoms with Crippen molar-refractivity contribution < 1.29 is 9.90 Å². The van der Waals surface area contributed by atoms with Gasteiger partial charge in [0.05, 0.1) is 5.69 Å². The molecule has 0 aliphatic heterocycles. The highest BCUT2D eigenvalue weighted by atomic mass is 32.1. The minimum atomic E-state index is -0.338. The number of nitrogens with one attached hydrogen (secondary N) is 2. The molecule has 118 valence electrons. The van der Waals surface area contributed by atoms with Gasteiger partial charge < -0.3 is 10.4 Å². The van der Waals surface area contributed by atoms with Gasteiger partial charge in [0.25, 0.3) is 0 Å². The lowest BCUT2D eigenvalue weighted by Crippen LogP contribution is -2.32. The van der Waals surface area contributed by atoms with E-state index in [9.17, 15) is 9.90 Å². The third kappa shape index (κ3) is 4.93. The van der Waals surface area contributed by atoms with Crippen molar-refractivity contribution in [2.75, 3.05) is 5.32 Å². The normalized spacial score (nSPS) is 10.5. The van der Waals surface area contributed by atoms with Crippen LogP contribution in [-0.2, 0) is 4.79 Å². The van der Waals surface area contributed by atoms with Crippen molar-refractivity contribution >= 4 is 35.0 Å². The van der Waals surface area contributed by atoms with Crippen molar-refractivity contribution in [3.8, 4) is 5.75 Å². The maximum absolute atomic E-state index is 11.8. The molecule has 0 bridgehead atoms. The summed E-state index contributed by atoms with van der Waals surface area (Å²) in [5, 5.41) is 15.4. The summed E-state index contributed by atoms with van der Waals surface area (Å²) in [6, 6.07) is 12.9. The fourth-order valence-electron chi connectivity index (χ4n) is 1.94. The van der Waals surface area contributed by atoms with E-state index in [1.165, 1.54) is 6.08 Å². The zero-order valence-electron chi connectivity index (χ0n) is 13.0. The lowest BCUT2D eigenvalue weighted by Gasteiger charge is -2.12. The van der Waals surface area contributed by atoms with E-state index in [2.05, 4.69) is 10.6 Å². The van der Waals surface area contributed by atoms with Gasteiger partial charge in [-0.1, -0.05) is 30.3 Å². The van der Waals surface area contributed by atoms with Crippen molar-refractivity contribution in [3.63, 3.8) is 0 Å². The highest BCUT2D eigenvalue weighted by Crippen LogP contribution is 2.26. The summed E-state index contributed by atoms with van der Waals surface area (Å²) in [4.78, 5) is 11.8. The number of aromatic hydroxyl groups is 1. The molecule has 0 heterocycles. The number of hydrogen-bond acceptors (Lipinski definition) is 3. The van der Waals surface area contributed by atoms with Crippen LogP contribution in [0.3, 0.4) is 0 Å². The van der Waals surface area contributed by atoms with Gasteiger partial charge in [-0.15, -0.1) is 0 Å². The second-order valence-corrected chi connectivity index (χ2v) is 5.55. The van der Waals surface area contributed by atoms with E-state index < -0.39 is 0 Å². The minimum absolute atomic E-state index is 0.0875. The van der Waals surface area contributed by atoms with Crippen LogP contribution in [0.4, 0.5) is 5.69 Å². The number of hydrogen-bond donors (Lipinski definition) is 3. The molecule has 0 saturated heterocycles. The Morgan fingerprint density at radius 1 is 1.13 bits per heavy atom. The molecule has 0 spiro atoms. The van der Waals surface area contributed by atoms with Crippen molar-refractivity contribution in [1.82, 2.24) is 5.32 Å². The van der Waals surface area contributed by atoms with E-state index in [4.69, 9.17) is 12.2 Å². The highest BCUT2D eigenvalue weighted by Gasteiger charge is 2.07. The van der Waals surface area contributed by atoms with E-state index in [1.54, 1.807) is 18.2 Å². The predicted molar refractivity (Wildman–Crippen MR) is 97.4 cm³/mol. The summed E-state index contributed by atoms with van der Waals surface area (Å²) in [5.74, 6) is -0.251. The second-order valence-electron chi connectivity index (χ2n) is 5.14. The lowest BCUT2D eigenvalue weighted by molar-refractivity contribution is -0.115. The molecule has 1 amide bonds. The first-order valence-corrected chi connectivity index (χ1v) is 7.52. The molecule has 3 N–H and O–H groups in total. The van der Waals surface area contributed by atoms with E-state index >= 15 is 0 Å². The molecule has 0 aliphatic carbocycles. The van der Waals surface area contributed by atoms with Gasteiger partial charge in [-0.2, -0.15) is 0 Å². The largest absolute Gasteiger partial charge is 0.506 e. The summed E-state index contributed by atoms with van der Waals surface area (Å²) in [6.45, 7) is 3.84. The van der Waals surface area contributed by atoms with Gasteiger partial charge >= 0.3 is 0 Å². The van der Waals surface area contributed by atoms with Crippen LogP contribution in [0, 0.1) is 13.8 Å². The second kappa shape index (κ2) is 7.56. The summed E-state index contributed by atoms with van der Waals surface area (Å²) in [5.41, 5.74) is 3.39. The maximum Gasteiger partial charge on any atom is 0.250 e. The zero-order chi connectivity index (χ0) is 16.8. The number of aryl methyl sites for hydroxylation is 2. The van der Waals surface area contributed by atoms with Gasteiger partial charge in [-0.25, -0.2) is 0 Å². The molecule has 0 atom stereocenters. The van der Waals surface area contributed by atoms with Gasteiger partial charge in [0, 0.05) is 6.08 Å². The molecular weight excluding hydrogens is 308 g/mol. The van der Waals surface area contributed by atoms with Crippen LogP contribution in [0.2, 0.25) is 0 Å². The van der Waals surface area contributed by atoms with E-state index in [1.807, 2.05) is 44.2 Å². The molecule has 23 heavy (non-hydrogen) atoms. The summed E-state index contributed by atoms with van der Waals surface area (Å²) >= 11 is 5.09. The number of anilines is 1. The molecule has 2 aromatic carbocycles. The number of carbonyl (C=O) groups is 1. The van der Waals surface area contributed by atoms with Crippen LogP contribution >= 0.6 is 12.2 Å².